The summed E-state index contributed by atoms with van der Waals surface area (Å²) in [5.41, 5.74) is 4.34. The fraction of sp³-hybridized carbons (Fsp3) is 0.571. The Morgan fingerprint density at radius 2 is 2.25 bits per heavy atom. The van der Waals surface area contributed by atoms with E-state index in [0.29, 0.717) is 6.04 Å². The molecule has 0 bridgehead atoms. The molecule has 86 valence electrons. The molecule has 0 saturated carbocycles. The van der Waals surface area contributed by atoms with Crippen molar-refractivity contribution in [3.05, 3.63) is 23.8 Å². The van der Waals surface area contributed by atoms with Gasteiger partial charge in [0.25, 0.3) is 0 Å². The van der Waals surface area contributed by atoms with Crippen molar-refractivity contribution < 1.29 is 0 Å². The largest absolute Gasteiger partial charge is 0.383 e. The summed E-state index contributed by atoms with van der Waals surface area (Å²) < 4.78 is 0. The van der Waals surface area contributed by atoms with E-state index >= 15 is 0 Å². The molecule has 1 aromatic rings. The van der Waals surface area contributed by atoms with E-state index in [1.165, 1.54) is 49.2 Å². The van der Waals surface area contributed by atoms with E-state index in [9.17, 15) is 0 Å². The summed E-state index contributed by atoms with van der Waals surface area (Å²) in [7, 11) is 0. The lowest BCUT2D eigenvalue weighted by Crippen LogP contribution is -2.28. The average Bonchev–Trinajstić information content (AvgIpc) is 2.75. The minimum absolute atomic E-state index is 0.704. The average molecular weight is 216 g/mol. The Hall–Kier alpha value is -1.18. The highest BCUT2D eigenvalue weighted by molar-refractivity contribution is 5.75. The van der Waals surface area contributed by atoms with Gasteiger partial charge in [-0.3, -0.25) is 0 Å². The molecule has 2 heteroatoms. The summed E-state index contributed by atoms with van der Waals surface area (Å²) in [6.07, 6.45) is 5.18. The van der Waals surface area contributed by atoms with Crippen LogP contribution in [0, 0.1) is 0 Å². The van der Waals surface area contributed by atoms with Crippen LogP contribution >= 0.6 is 0 Å². The predicted octanol–water partition coefficient (Wildman–Crippen LogP) is 3.03. The van der Waals surface area contributed by atoms with Crippen molar-refractivity contribution in [1.82, 2.24) is 0 Å². The molecule has 1 saturated heterocycles. The first-order valence-electron chi connectivity index (χ1n) is 6.48. The third-order valence-corrected chi connectivity index (χ3v) is 3.92. The molecule has 0 aliphatic carbocycles. The van der Waals surface area contributed by atoms with Crippen LogP contribution in [0.1, 0.15) is 31.7 Å². The standard InChI is InChI=1S/C14H20N2/c1-11-5-4-10-16(11)13-8-2-6-12-7-3-9-15-14(12)13/h2,6,8,11,15H,3-5,7,9-10H2,1H3. The van der Waals surface area contributed by atoms with E-state index in [1.807, 2.05) is 0 Å². The van der Waals surface area contributed by atoms with E-state index in [-0.39, 0.29) is 0 Å². The Kier molecular flexibility index (Phi) is 2.50. The van der Waals surface area contributed by atoms with Crippen LogP contribution in [-0.2, 0) is 6.42 Å². The van der Waals surface area contributed by atoms with Gasteiger partial charge in [-0.1, -0.05) is 12.1 Å². The molecule has 2 nitrogen and oxygen atoms in total. The van der Waals surface area contributed by atoms with Crippen molar-refractivity contribution in [1.29, 1.82) is 0 Å². The van der Waals surface area contributed by atoms with E-state index < -0.39 is 0 Å². The minimum Gasteiger partial charge on any atom is -0.383 e. The molecule has 2 heterocycles. The second kappa shape index (κ2) is 4.00. The van der Waals surface area contributed by atoms with Gasteiger partial charge in [0, 0.05) is 19.1 Å². The van der Waals surface area contributed by atoms with Crippen LogP contribution in [0.15, 0.2) is 18.2 Å². The van der Waals surface area contributed by atoms with Gasteiger partial charge in [0.05, 0.1) is 11.4 Å². The summed E-state index contributed by atoms with van der Waals surface area (Å²) in [6.45, 7) is 4.70. The van der Waals surface area contributed by atoms with Crippen molar-refractivity contribution in [3.8, 4) is 0 Å². The first kappa shape index (κ1) is 10.0. The number of hydrogen-bond donors (Lipinski definition) is 1. The minimum atomic E-state index is 0.704. The summed E-state index contributed by atoms with van der Waals surface area (Å²) in [5.74, 6) is 0. The summed E-state index contributed by atoms with van der Waals surface area (Å²) in [5, 5.41) is 3.59. The third-order valence-electron chi connectivity index (χ3n) is 3.92. The van der Waals surface area contributed by atoms with Crippen LogP contribution in [0.4, 0.5) is 11.4 Å². The Balaban J connectivity index is 2.00. The second-order valence-electron chi connectivity index (χ2n) is 5.03. The van der Waals surface area contributed by atoms with Gasteiger partial charge in [-0.05, 0) is 44.2 Å². The maximum atomic E-state index is 3.59. The lowest BCUT2D eigenvalue weighted by molar-refractivity contribution is 0.732. The molecule has 0 spiro atoms. The summed E-state index contributed by atoms with van der Waals surface area (Å²) >= 11 is 0. The number of benzene rings is 1. The molecule has 0 amide bonds. The van der Waals surface area contributed by atoms with Gasteiger partial charge in [0.1, 0.15) is 0 Å². The Morgan fingerprint density at radius 3 is 3.06 bits per heavy atom. The van der Waals surface area contributed by atoms with E-state index in [0.717, 1.165) is 6.54 Å². The Bertz CT molecular complexity index is 386. The fourth-order valence-electron chi connectivity index (χ4n) is 3.02. The lowest BCUT2D eigenvalue weighted by Gasteiger charge is -2.30. The zero-order valence-corrected chi connectivity index (χ0v) is 10.00. The van der Waals surface area contributed by atoms with Crippen LogP contribution < -0.4 is 10.2 Å². The monoisotopic (exact) mass is 216 g/mol. The molecule has 2 aliphatic rings. The Labute approximate surface area is 97.6 Å². The van der Waals surface area contributed by atoms with Gasteiger partial charge in [0.15, 0.2) is 0 Å². The molecule has 3 rings (SSSR count). The maximum absolute atomic E-state index is 3.59. The van der Waals surface area contributed by atoms with Crippen molar-refractivity contribution in [2.75, 3.05) is 23.3 Å². The molecular weight excluding hydrogens is 196 g/mol. The van der Waals surface area contributed by atoms with Gasteiger partial charge in [-0.2, -0.15) is 0 Å². The number of fused-ring (bicyclic) bond motifs is 1. The van der Waals surface area contributed by atoms with E-state index in [2.05, 4.69) is 35.3 Å². The molecule has 0 aromatic heterocycles. The van der Waals surface area contributed by atoms with Crippen LogP contribution in [0.5, 0.6) is 0 Å². The second-order valence-corrected chi connectivity index (χ2v) is 5.03. The van der Waals surface area contributed by atoms with Crippen LogP contribution in [-0.4, -0.2) is 19.1 Å². The summed E-state index contributed by atoms with van der Waals surface area (Å²) in [4.78, 5) is 2.57. The predicted molar refractivity (Wildman–Crippen MR) is 69.3 cm³/mol. The van der Waals surface area contributed by atoms with Crippen molar-refractivity contribution in [3.63, 3.8) is 0 Å². The first-order valence-corrected chi connectivity index (χ1v) is 6.48. The molecule has 2 aliphatic heterocycles. The SMILES string of the molecule is CC1CCCN1c1cccc2c1NCCC2. The number of nitrogens with one attached hydrogen (secondary N) is 1. The lowest BCUT2D eigenvalue weighted by atomic mass is 10.0. The summed E-state index contributed by atoms with van der Waals surface area (Å²) in [6, 6.07) is 7.46. The van der Waals surface area contributed by atoms with Crippen molar-refractivity contribution in [2.24, 2.45) is 0 Å². The van der Waals surface area contributed by atoms with Gasteiger partial charge >= 0.3 is 0 Å². The number of aryl methyl sites for hydroxylation is 1. The quantitative estimate of drug-likeness (QED) is 0.776. The van der Waals surface area contributed by atoms with Crippen molar-refractivity contribution in [2.45, 2.75) is 38.6 Å². The Morgan fingerprint density at radius 1 is 1.31 bits per heavy atom. The molecular formula is C14H20N2. The topological polar surface area (TPSA) is 15.3 Å². The zero-order valence-electron chi connectivity index (χ0n) is 10.00. The van der Waals surface area contributed by atoms with Crippen LogP contribution in [0.2, 0.25) is 0 Å². The highest BCUT2D eigenvalue weighted by Crippen LogP contribution is 2.36. The smallest absolute Gasteiger partial charge is 0.0610 e. The number of para-hydroxylation sites is 1. The molecule has 1 fully saturated rings. The number of nitrogens with zero attached hydrogens (tertiary/aromatic N) is 1. The fourth-order valence-corrected chi connectivity index (χ4v) is 3.02. The normalized spacial score (nSPS) is 24.1. The zero-order chi connectivity index (χ0) is 11.0. The van der Waals surface area contributed by atoms with E-state index in [4.69, 9.17) is 0 Å². The number of rotatable bonds is 1. The molecule has 1 N–H and O–H groups in total. The maximum Gasteiger partial charge on any atom is 0.0610 e. The molecule has 1 unspecified atom stereocenters. The van der Waals surface area contributed by atoms with Crippen LogP contribution in [0.3, 0.4) is 0 Å². The van der Waals surface area contributed by atoms with E-state index in [1.54, 1.807) is 0 Å². The highest BCUT2D eigenvalue weighted by atomic mass is 15.2. The van der Waals surface area contributed by atoms with Gasteiger partial charge in [-0.15, -0.1) is 0 Å². The van der Waals surface area contributed by atoms with Crippen molar-refractivity contribution >= 4 is 11.4 Å². The molecule has 16 heavy (non-hydrogen) atoms. The van der Waals surface area contributed by atoms with Gasteiger partial charge < -0.3 is 10.2 Å². The third kappa shape index (κ3) is 1.57. The molecule has 0 radical (unpaired) electrons. The number of anilines is 2. The van der Waals surface area contributed by atoms with Crippen LogP contribution in [0.25, 0.3) is 0 Å². The highest BCUT2D eigenvalue weighted by Gasteiger charge is 2.24. The van der Waals surface area contributed by atoms with Gasteiger partial charge in [0.2, 0.25) is 0 Å². The molecule has 1 aromatic carbocycles. The van der Waals surface area contributed by atoms with Gasteiger partial charge in [-0.25, -0.2) is 0 Å². The molecule has 1 atom stereocenters. The first-order chi connectivity index (χ1) is 7.86. The number of hydrogen-bond acceptors (Lipinski definition) is 2.